The zero-order chi connectivity index (χ0) is 23.3. The lowest BCUT2D eigenvalue weighted by molar-refractivity contribution is -0.00854. The van der Waals surface area contributed by atoms with Crippen LogP contribution in [-0.4, -0.2) is 39.3 Å². The molecule has 0 saturated carbocycles. The van der Waals surface area contributed by atoms with Crippen LogP contribution in [0.3, 0.4) is 0 Å². The molecule has 1 unspecified atom stereocenters. The maximum Gasteiger partial charge on any atom is 0.494 e. The van der Waals surface area contributed by atoms with E-state index in [4.69, 9.17) is 9.31 Å². The standard InChI is InChI=1S/C25H27BO5S/c1-17-12-13-18-8-6-9-19(23(18)22(17)16-27)15-25(4)24(2,3)30-26(31-25)20-10-7-11-21(14-20)32(5,28)29/h6-14,16H,15H2,1-5H3. The van der Waals surface area contributed by atoms with Gasteiger partial charge in [0.2, 0.25) is 0 Å². The Morgan fingerprint density at radius 2 is 1.72 bits per heavy atom. The molecule has 0 amide bonds. The van der Waals surface area contributed by atoms with E-state index in [1.165, 1.54) is 6.26 Å². The van der Waals surface area contributed by atoms with E-state index in [2.05, 4.69) is 0 Å². The van der Waals surface area contributed by atoms with Gasteiger partial charge in [0.1, 0.15) is 0 Å². The molecule has 0 aromatic heterocycles. The first kappa shape index (κ1) is 22.7. The number of fused-ring (bicyclic) bond motifs is 1. The summed E-state index contributed by atoms with van der Waals surface area (Å²) in [5, 5.41) is 1.94. The summed E-state index contributed by atoms with van der Waals surface area (Å²) in [6, 6.07) is 16.7. The summed E-state index contributed by atoms with van der Waals surface area (Å²) >= 11 is 0. The van der Waals surface area contributed by atoms with Gasteiger partial charge >= 0.3 is 7.12 Å². The molecule has 32 heavy (non-hydrogen) atoms. The molecule has 5 nitrogen and oxygen atoms in total. The molecule has 0 N–H and O–H groups in total. The molecule has 1 aliphatic rings. The number of carbonyl (C=O) groups is 1. The number of benzene rings is 3. The average Bonchev–Trinajstić information content (AvgIpc) is 2.96. The third-order valence-corrected chi connectivity index (χ3v) is 7.75. The summed E-state index contributed by atoms with van der Waals surface area (Å²) < 4.78 is 36.8. The summed E-state index contributed by atoms with van der Waals surface area (Å²) in [4.78, 5) is 12.1. The van der Waals surface area contributed by atoms with Gasteiger partial charge in [0.05, 0.1) is 16.1 Å². The number of sulfone groups is 1. The highest BCUT2D eigenvalue weighted by atomic mass is 32.2. The Labute approximate surface area is 189 Å². The highest BCUT2D eigenvalue weighted by Crippen LogP contribution is 2.41. The Hall–Kier alpha value is -2.48. The largest absolute Gasteiger partial charge is 0.494 e. The molecule has 3 aromatic carbocycles. The second kappa shape index (κ2) is 7.83. The smallest absolute Gasteiger partial charge is 0.399 e. The zero-order valence-corrected chi connectivity index (χ0v) is 19.8. The Bertz CT molecular complexity index is 1320. The van der Waals surface area contributed by atoms with E-state index in [0.29, 0.717) is 17.4 Å². The summed E-state index contributed by atoms with van der Waals surface area (Å²) in [5.74, 6) is 0. The van der Waals surface area contributed by atoms with E-state index in [0.717, 1.165) is 28.2 Å². The molecule has 1 fully saturated rings. The average molecular weight is 450 g/mol. The second-order valence-electron chi connectivity index (χ2n) is 9.26. The van der Waals surface area contributed by atoms with Gasteiger partial charge in [-0.1, -0.05) is 42.5 Å². The zero-order valence-electron chi connectivity index (χ0n) is 19.0. The summed E-state index contributed by atoms with van der Waals surface area (Å²) in [5.41, 5.74) is 1.92. The number of aryl methyl sites for hydroxylation is 1. The van der Waals surface area contributed by atoms with Crippen LogP contribution in [0.1, 0.15) is 42.3 Å². The van der Waals surface area contributed by atoms with Crippen molar-refractivity contribution in [2.75, 3.05) is 6.26 Å². The van der Waals surface area contributed by atoms with E-state index >= 15 is 0 Å². The molecule has 7 heteroatoms. The Morgan fingerprint density at radius 3 is 2.41 bits per heavy atom. The normalized spacial score (nSPS) is 20.6. The lowest BCUT2D eigenvalue weighted by atomic mass is 9.79. The van der Waals surface area contributed by atoms with Crippen molar-refractivity contribution >= 4 is 39.5 Å². The number of aldehydes is 1. The van der Waals surface area contributed by atoms with Crippen LogP contribution in [-0.2, 0) is 25.6 Å². The van der Waals surface area contributed by atoms with Crippen LogP contribution in [0.25, 0.3) is 10.8 Å². The van der Waals surface area contributed by atoms with Gasteiger partial charge in [-0.15, -0.1) is 0 Å². The van der Waals surface area contributed by atoms with Gasteiger partial charge in [-0.2, -0.15) is 0 Å². The van der Waals surface area contributed by atoms with Crippen molar-refractivity contribution in [1.82, 2.24) is 0 Å². The topological polar surface area (TPSA) is 69.7 Å². The van der Waals surface area contributed by atoms with Crippen molar-refractivity contribution in [2.45, 2.75) is 50.2 Å². The molecule has 1 saturated heterocycles. The molecule has 0 bridgehead atoms. The first-order valence-corrected chi connectivity index (χ1v) is 12.5. The van der Waals surface area contributed by atoms with E-state index in [9.17, 15) is 13.2 Å². The highest BCUT2D eigenvalue weighted by Gasteiger charge is 2.54. The second-order valence-corrected chi connectivity index (χ2v) is 11.3. The fraction of sp³-hybridized carbons (Fsp3) is 0.320. The van der Waals surface area contributed by atoms with Gasteiger partial charge in [0, 0.05) is 18.2 Å². The van der Waals surface area contributed by atoms with Crippen LogP contribution in [0.5, 0.6) is 0 Å². The molecular formula is C25H27BO5S. The minimum Gasteiger partial charge on any atom is -0.399 e. The minimum atomic E-state index is -3.34. The number of hydrogen-bond acceptors (Lipinski definition) is 5. The van der Waals surface area contributed by atoms with Crippen LogP contribution in [0.2, 0.25) is 0 Å². The van der Waals surface area contributed by atoms with Crippen LogP contribution in [0.15, 0.2) is 59.5 Å². The quantitative estimate of drug-likeness (QED) is 0.436. The molecule has 1 aliphatic heterocycles. The summed E-state index contributed by atoms with van der Waals surface area (Å²) in [6.07, 6.45) is 2.63. The van der Waals surface area contributed by atoms with Crippen molar-refractivity contribution in [3.8, 4) is 0 Å². The lowest BCUT2D eigenvalue weighted by Crippen LogP contribution is -2.46. The number of carbonyl (C=O) groups excluding carboxylic acids is 1. The first-order chi connectivity index (χ1) is 14.9. The number of hydrogen-bond donors (Lipinski definition) is 0. The van der Waals surface area contributed by atoms with Gasteiger partial charge in [-0.3, -0.25) is 4.79 Å². The van der Waals surface area contributed by atoms with Gasteiger partial charge < -0.3 is 9.31 Å². The molecule has 1 heterocycles. The lowest BCUT2D eigenvalue weighted by Gasteiger charge is -2.37. The summed E-state index contributed by atoms with van der Waals surface area (Å²) in [6.45, 7) is 7.89. The SMILES string of the molecule is Cc1ccc2cccc(CC3(C)OB(c4cccc(S(C)(=O)=O)c4)OC3(C)C)c2c1C=O. The Balaban J connectivity index is 1.74. The van der Waals surface area contributed by atoms with Crippen molar-refractivity contribution in [3.63, 3.8) is 0 Å². The van der Waals surface area contributed by atoms with Crippen molar-refractivity contribution in [1.29, 1.82) is 0 Å². The fourth-order valence-corrected chi connectivity index (χ4v) is 5.00. The Kier molecular flexibility index (Phi) is 5.56. The molecule has 4 rings (SSSR count). The molecule has 166 valence electrons. The van der Waals surface area contributed by atoms with Crippen molar-refractivity contribution < 1.29 is 22.5 Å². The summed E-state index contributed by atoms with van der Waals surface area (Å²) in [7, 11) is -4.04. The van der Waals surface area contributed by atoms with Crippen LogP contribution >= 0.6 is 0 Å². The predicted molar refractivity (Wildman–Crippen MR) is 127 cm³/mol. The molecule has 3 aromatic rings. The highest BCUT2D eigenvalue weighted by molar-refractivity contribution is 7.90. The first-order valence-electron chi connectivity index (χ1n) is 10.6. The van der Waals surface area contributed by atoms with Gasteiger partial charge in [-0.25, -0.2) is 8.42 Å². The Morgan fingerprint density at radius 1 is 1.00 bits per heavy atom. The van der Waals surface area contributed by atoms with Crippen LogP contribution in [0, 0.1) is 6.92 Å². The third kappa shape index (κ3) is 3.89. The maximum absolute atomic E-state index is 12.0. The van der Waals surface area contributed by atoms with Gasteiger partial charge in [0.15, 0.2) is 16.1 Å². The molecule has 0 aliphatic carbocycles. The van der Waals surface area contributed by atoms with Crippen LogP contribution < -0.4 is 5.46 Å². The molecule has 0 spiro atoms. The molecule has 0 radical (unpaired) electrons. The van der Waals surface area contributed by atoms with Gasteiger partial charge in [-0.05, 0) is 67.2 Å². The third-order valence-electron chi connectivity index (χ3n) is 6.64. The van der Waals surface area contributed by atoms with E-state index in [1.54, 1.807) is 18.2 Å². The monoisotopic (exact) mass is 450 g/mol. The maximum atomic E-state index is 12.0. The van der Waals surface area contributed by atoms with Gasteiger partial charge in [0.25, 0.3) is 0 Å². The van der Waals surface area contributed by atoms with Crippen LogP contribution in [0.4, 0.5) is 0 Å². The van der Waals surface area contributed by atoms with E-state index in [-0.39, 0.29) is 4.90 Å². The van der Waals surface area contributed by atoms with Crippen molar-refractivity contribution in [2.24, 2.45) is 0 Å². The number of rotatable bonds is 5. The van der Waals surface area contributed by atoms with E-state index in [1.807, 2.05) is 64.1 Å². The predicted octanol–water partition coefficient (Wildman–Crippen LogP) is 3.89. The van der Waals surface area contributed by atoms with Crippen molar-refractivity contribution in [3.05, 3.63) is 71.3 Å². The minimum absolute atomic E-state index is 0.230. The fourth-order valence-electron chi connectivity index (χ4n) is 4.33. The molecular weight excluding hydrogens is 423 g/mol. The van der Waals surface area contributed by atoms with E-state index < -0.39 is 28.2 Å². The molecule has 1 atom stereocenters.